The van der Waals surface area contributed by atoms with Crippen molar-refractivity contribution in [2.75, 3.05) is 20.6 Å². The van der Waals surface area contributed by atoms with Crippen LogP contribution in [-0.4, -0.2) is 43.8 Å². The summed E-state index contributed by atoms with van der Waals surface area (Å²) in [7, 11) is 3.59. The van der Waals surface area contributed by atoms with Crippen LogP contribution < -0.4 is 5.32 Å². The highest BCUT2D eigenvalue weighted by atomic mass is 19.4. The average molecular weight is 226 g/mol. The van der Waals surface area contributed by atoms with E-state index in [1.54, 1.807) is 11.9 Å². The summed E-state index contributed by atoms with van der Waals surface area (Å²) in [6.07, 6.45) is -3.94. The van der Waals surface area contributed by atoms with Gasteiger partial charge in [-0.15, -0.1) is 0 Å². The molecule has 92 valence electrons. The minimum atomic E-state index is -4.05. The average Bonchev–Trinajstić information content (AvgIpc) is 2.12. The molecule has 1 N–H and O–H groups in total. The first kappa shape index (κ1) is 14.7. The number of rotatable bonds is 6. The van der Waals surface area contributed by atoms with Crippen LogP contribution in [0.15, 0.2) is 0 Å². The molecule has 0 saturated carbocycles. The van der Waals surface area contributed by atoms with E-state index in [9.17, 15) is 13.2 Å². The third-order valence-electron chi connectivity index (χ3n) is 2.69. The Morgan fingerprint density at radius 2 is 1.80 bits per heavy atom. The normalized spacial score (nSPS) is 16.8. The van der Waals surface area contributed by atoms with E-state index in [1.807, 2.05) is 20.9 Å². The first-order chi connectivity index (χ1) is 6.76. The maximum Gasteiger partial charge on any atom is 0.390 e. The SMILES string of the molecule is CNC(C)CC(C)N(C)CCC(F)(F)F. The van der Waals surface area contributed by atoms with Crippen molar-refractivity contribution in [3.63, 3.8) is 0 Å². The van der Waals surface area contributed by atoms with Gasteiger partial charge in [-0.25, -0.2) is 0 Å². The van der Waals surface area contributed by atoms with Crippen molar-refractivity contribution in [3.8, 4) is 0 Å². The topological polar surface area (TPSA) is 15.3 Å². The van der Waals surface area contributed by atoms with Crippen molar-refractivity contribution < 1.29 is 13.2 Å². The standard InChI is InChI=1S/C10H21F3N2/c1-8(14-3)7-9(2)15(4)6-5-10(11,12)13/h8-9,14H,5-7H2,1-4H3. The summed E-state index contributed by atoms with van der Waals surface area (Å²) < 4.78 is 35.9. The molecular weight excluding hydrogens is 205 g/mol. The zero-order valence-corrected chi connectivity index (χ0v) is 9.86. The maximum atomic E-state index is 12.0. The van der Waals surface area contributed by atoms with Crippen molar-refractivity contribution in [2.45, 2.75) is 44.9 Å². The Bertz CT molecular complexity index is 171. The van der Waals surface area contributed by atoms with E-state index in [4.69, 9.17) is 0 Å². The van der Waals surface area contributed by atoms with Crippen LogP contribution in [0.25, 0.3) is 0 Å². The van der Waals surface area contributed by atoms with Crippen LogP contribution in [0.1, 0.15) is 26.7 Å². The Morgan fingerprint density at radius 1 is 1.27 bits per heavy atom. The number of nitrogens with one attached hydrogen (secondary N) is 1. The summed E-state index contributed by atoms with van der Waals surface area (Å²) in [4.78, 5) is 1.75. The summed E-state index contributed by atoms with van der Waals surface area (Å²) in [6.45, 7) is 4.04. The van der Waals surface area contributed by atoms with E-state index in [0.29, 0.717) is 6.04 Å². The highest BCUT2D eigenvalue weighted by Gasteiger charge is 2.27. The van der Waals surface area contributed by atoms with Crippen LogP contribution in [-0.2, 0) is 0 Å². The first-order valence-corrected chi connectivity index (χ1v) is 5.20. The van der Waals surface area contributed by atoms with Crippen molar-refractivity contribution in [3.05, 3.63) is 0 Å². The van der Waals surface area contributed by atoms with Gasteiger partial charge in [0.05, 0.1) is 6.42 Å². The van der Waals surface area contributed by atoms with Gasteiger partial charge in [0, 0.05) is 18.6 Å². The zero-order chi connectivity index (χ0) is 12.1. The van der Waals surface area contributed by atoms with Crippen LogP contribution in [0.3, 0.4) is 0 Å². The highest BCUT2D eigenvalue weighted by Crippen LogP contribution is 2.20. The summed E-state index contributed by atoms with van der Waals surface area (Å²) in [6, 6.07) is 0.489. The first-order valence-electron chi connectivity index (χ1n) is 5.20. The Kier molecular flexibility index (Phi) is 6.20. The van der Waals surface area contributed by atoms with Gasteiger partial charge in [-0.2, -0.15) is 13.2 Å². The molecule has 2 nitrogen and oxygen atoms in total. The molecule has 0 saturated heterocycles. The Hall–Kier alpha value is -0.290. The molecule has 0 aliphatic heterocycles. The van der Waals surface area contributed by atoms with E-state index in [1.165, 1.54) is 0 Å². The molecule has 0 aliphatic rings. The van der Waals surface area contributed by atoms with Gasteiger partial charge in [0.1, 0.15) is 0 Å². The molecule has 5 heteroatoms. The van der Waals surface area contributed by atoms with Crippen LogP contribution >= 0.6 is 0 Å². The van der Waals surface area contributed by atoms with Crippen LogP contribution in [0, 0.1) is 0 Å². The molecule has 0 radical (unpaired) electrons. The van der Waals surface area contributed by atoms with Crippen molar-refractivity contribution >= 4 is 0 Å². The Labute approximate surface area is 89.8 Å². The number of halogens is 3. The molecule has 0 spiro atoms. The van der Waals surface area contributed by atoms with E-state index in [2.05, 4.69) is 5.32 Å². The van der Waals surface area contributed by atoms with Crippen LogP contribution in [0.5, 0.6) is 0 Å². The number of hydrogen-bond acceptors (Lipinski definition) is 2. The van der Waals surface area contributed by atoms with Gasteiger partial charge in [-0.05, 0) is 34.4 Å². The fourth-order valence-corrected chi connectivity index (χ4v) is 1.33. The third kappa shape index (κ3) is 7.62. The zero-order valence-electron chi connectivity index (χ0n) is 9.86. The Morgan fingerprint density at radius 3 is 2.20 bits per heavy atom. The molecular formula is C10H21F3N2. The van der Waals surface area contributed by atoms with Gasteiger partial charge in [-0.3, -0.25) is 0 Å². The van der Waals surface area contributed by atoms with Crippen molar-refractivity contribution in [1.29, 1.82) is 0 Å². The molecule has 0 bridgehead atoms. The quantitative estimate of drug-likeness (QED) is 0.747. The lowest BCUT2D eigenvalue weighted by atomic mass is 10.1. The predicted molar refractivity (Wildman–Crippen MR) is 55.9 cm³/mol. The second-order valence-electron chi connectivity index (χ2n) is 4.12. The molecule has 0 aromatic heterocycles. The molecule has 0 aromatic carbocycles. The molecule has 2 unspecified atom stereocenters. The summed E-state index contributed by atoms with van der Waals surface area (Å²) in [5.74, 6) is 0. The molecule has 0 aromatic rings. The summed E-state index contributed by atoms with van der Waals surface area (Å²) >= 11 is 0. The molecule has 15 heavy (non-hydrogen) atoms. The maximum absolute atomic E-state index is 12.0. The van der Waals surface area contributed by atoms with Crippen molar-refractivity contribution in [2.24, 2.45) is 0 Å². The monoisotopic (exact) mass is 226 g/mol. The lowest BCUT2D eigenvalue weighted by molar-refractivity contribution is -0.138. The van der Waals surface area contributed by atoms with E-state index < -0.39 is 12.6 Å². The predicted octanol–water partition coefficient (Wildman–Crippen LogP) is 2.26. The number of alkyl halides is 3. The molecule has 0 rings (SSSR count). The summed E-state index contributed by atoms with van der Waals surface area (Å²) in [5, 5.41) is 3.07. The van der Waals surface area contributed by atoms with Crippen LogP contribution in [0.4, 0.5) is 13.2 Å². The van der Waals surface area contributed by atoms with Gasteiger partial charge in [-0.1, -0.05) is 0 Å². The smallest absolute Gasteiger partial charge is 0.317 e. The second kappa shape index (κ2) is 6.33. The van der Waals surface area contributed by atoms with E-state index >= 15 is 0 Å². The minimum absolute atomic E-state index is 0.0705. The number of nitrogens with zero attached hydrogens (tertiary/aromatic N) is 1. The van der Waals surface area contributed by atoms with Gasteiger partial charge >= 0.3 is 6.18 Å². The lowest BCUT2D eigenvalue weighted by Crippen LogP contribution is -2.37. The summed E-state index contributed by atoms with van der Waals surface area (Å²) in [5.41, 5.74) is 0. The Balaban J connectivity index is 3.83. The van der Waals surface area contributed by atoms with Crippen LogP contribution in [0.2, 0.25) is 0 Å². The molecule has 2 atom stereocenters. The van der Waals surface area contributed by atoms with Gasteiger partial charge in [0.2, 0.25) is 0 Å². The molecule has 0 heterocycles. The molecule has 0 aliphatic carbocycles. The van der Waals surface area contributed by atoms with E-state index in [0.717, 1.165) is 6.42 Å². The van der Waals surface area contributed by atoms with Gasteiger partial charge < -0.3 is 10.2 Å². The second-order valence-corrected chi connectivity index (χ2v) is 4.12. The fourth-order valence-electron chi connectivity index (χ4n) is 1.33. The van der Waals surface area contributed by atoms with Gasteiger partial charge in [0.25, 0.3) is 0 Å². The van der Waals surface area contributed by atoms with Crippen molar-refractivity contribution in [1.82, 2.24) is 10.2 Å². The molecule has 0 amide bonds. The minimum Gasteiger partial charge on any atom is -0.317 e. The lowest BCUT2D eigenvalue weighted by Gasteiger charge is -2.27. The van der Waals surface area contributed by atoms with Gasteiger partial charge in [0.15, 0.2) is 0 Å². The fraction of sp³-hybridized carbons (Fsp3) is 1.00. The third-order valence-corrected chi connectivity index (χ3v) is 2.69. The largest absolute Gasteiger partial charge is 0.390 e. The number of hydrogen-bond donors (Lipinski definition) is 1. The highest BCUT2D eigenvalue weighted by molar-refractivity contribution is 4.70. The molecule has 0 fully saturated rings. The van der Waals surface area contributed by atoms with E-state index in [-0.39, 0.29) is 12.6 Å².